The molecule has 2 unspecified atom stereocenters. The minimum Gasteiger partial charge on any atom is -0.334 e. The Kier molecular flexibility index (Phi) is 3.46. The number of aryl methyl sites for hydroxylation is 1. The lowest BCUT2D eigenvalue weighted by molar-refractivity contribution is -0.849. The zero-order valence-corrected chi connectivity index (χ0v) is 14.8. The third-order valence-electron chi connectivity index (χ3n) is 6.83. The van der Waals surface area contributed by atoms with Gasteiger partial charge in [0.2, 0.25) is 0 Å². The highest BCUT2D eigenvalue weighted by Gasteiger charge is 2.60. The van der Waals surface area contributed by atoms with Crippen LogP contribution in [0.3, 0.4) is 0 Å². The zero-order chi connectivity index (χ0) is 16.2. The number of Topliss-reactive ketones (excluding diaryl/α,β-unsaturated/α-hetero) is 1. The van der Waals surface area contributed by atoms with Gasteiger partial charge in [0.05, 0.1) is 14.1 Å². The molecule has 0 saturated heterocycles. The van der Waals surface area contributed by atoms with Crippen LogP contribution in [0.1, 0.15) is 49.7 Å². The summed E-state index contributed by atoms with van der Waals surface area (Å²) in [4.78, 5) is 14.4. The summed E-state index contributed by atoms with van der Waals surface area (Å²) in [6.07, 6.45) is 7.46. The normalized spacial score (nSPS) is 38.3. The maximum absolute atomic E-state index is 13.1. The van der Waals surface area contributed by atoms with Gasteiger partial charge in [0.1, 0.15) is 6.54 Å². The lowest BCUT2D eigenvalue weighted by atomic mass is 9.42. The van der Waals surface area contributed by atoms with Gasteiger partial charge in [-0.2, -0.15) is 0 Å². The largest absolute Gasteiger partial charge is 0.334 e. The van der Waals surface area contributed by atoms with Crippen molar-refractivity contribution < 1.29 is 9.69 Å². The van der Waals surface area contributed by atoms with Gasteiger partial charge in [0.25, 0.3) is 0 Å². The third-order valence-corrected chi connectivity index (χ3v) is 6.83. The van der Waals surface area contributed by atoms with Gasteiger partial charge >= 0.3 is 0 Å². The van der Waals surface area contributed by atoms with Gasteiger partial charge in [-0.3, -0.25) is 4.79 Å². The summed E-state index contributed by atoms with van der Waals surface area (Å²) in [5, 5.41) is 0. The van der Waals surface area contributed by atoms with Crippen molar-refractivity contribution in [1.82, 2.24) is 0 Å². The van der Waals surface area contributed by atoms with E-state index in [0.717, 1.165) is 18.3 Å². The van der Waals surface area contributed by atoms with Crippen molar-refractivity contribution in [3.63, 3.8) is 0 Å². The van der Waals surface area contributed by atoms with E-state index < -0.39 is 0 Å². The fourth-order valence-electron chi connectivity index (χ4n) is 6.34. The molecule has 4 saturated carbocycles. The second-order valence-electron chi connectivity index (χ2n) is 9.19. The van der Waals surface area contributed by atoms with Gasteiger partial charge in [-0.15, -0.1) is 0 Å². The second-order valence-corrected chi connectivity index (χ2v) is 9.19. The maximum atomic E-state index is 13.1. The monoisotopic (exact) mass is 312 g/mol. The van der Waals surface area contributed by atoms with Crippen LogP contribution in [-0.2, 0) is 10.2 Å². The zero-order valence-electron chi connectivity index (χ0n) is 14.8. The molecule has 4 aliphatic rings. The minimum atomic E-state index is -0.00770. The number of carbonyl (C=O) groups excluding carboxylic acids is 1. The van der Waals surface area contributed by atoms with Gasteiger partial charge in [0, 0.05) is 5.41 Å². The van der Waals surface area contributed by atoms with Crippen LogP contribution < -0.4 is 4.90 Å². The number of ketones is 1. The molecule has 1 aromatic carbocycles. The number of nitrogens with one attached hydrogen (secondary N) is 1. The van der Waals surface area contributed by atoms with Gasteiger partial charge in [0.15, 0.2) is 5.78 Å². The molecule has 1 aromatic rings. The molecule has 2 atom stereocenters. The number of likely N-dealkylation sites (N-methyl/N-ethyl adjacent to an activating group) is 1. The molecule has 0 aliphatic heterocycles. The summed E-state index contributed by atoms with van der Waals surface area (Å²) in [6.45, 7) is 2.86. The van der Waals surface area contributed by atoms with Crippen LogP contribution >= 0.6 is 0 Å². The van der Waals surface area contributed by atoms with Crippen molar-refractivity contribution in [2.24, 2.45) is 17.3 Å². The molecule has 2 nitrogen and oxygen atoms in total. The number of carbonyl (C=O) groups is 1. The first-order valence-corrected chi connectivity index (χ1v) is 9.30. The second kappa shape index (κ2) is 5.17. The van der Waals surface area contributed by atoms with Crippen molar-refractivity contribution >= 4 is 5.78 Å². The van der Waals surface area contributed by atoms with Gasteiger partial charge in [-0.1, -0.05) is 29.8 Å². The fraction of sp³-hybridized carbons (Fsp3) is 0.667. The standard InChI is InChI=1S/C21H29NO/c1-15-4-6-18(7-5-15)20-9-16-8-17(10-20)12-21(11-16,14-20)19(23)13-22(2)3/h4-7,16-17H,8-14H2,1-3H3/p+1. The lowest BCUT2D eigenvalue weighted by Gasteiger charge is -2.61. The number of hydrogen-bond donors (Lipinski definition) is 1. The predicted molar refractivity (Wildman–Crippen MR) is 92.7 cm³/mol. The van der Waals surface area contributed by atoms with Crippen molar-refractivity contribution in [2.45, 2.75) is 50.9 Å². The fourth-order valence-corrected chi connectivity index (χ4v) is 6.34. The molecule has 1 N–H and O–H groups in total. The first-order valence-electron chi connectivity index (χ1n) is 9.30. The summed E-state index contributed by atoms with van der Waals surface area (Å²) < 4.78 is 0. The highest BCUT2D eigenvalue weighted by molar-refractivity contribution is 5.86. The van der Waals surface area contributed by atoms with Crippen molar-refractivity contribution in [1.29, 1.82) is 0 Å². The Hall–Kier alpha value is -1.15. The summed E-state index contributed by atoms with van der Waals surface area (Å²) >= 11 is 0. The van der Waals surface area contributed by atoms with Crippen molar-refractivity contribution in [3.05, 3.63) is 35.4 Å². The summed E-state index contributed by atoms with van der Waals surface area (Å²) in [7, 11) is 4.21. The minimum absolute atomic E-state index is 0.00770. The molecule has 2 heteroatoms. The SMILES string of the molecule is Cc1ccc(C23CC4CC(CC(C(=O)C[NH+](C)C)(C4)C2)C3)cc1. The van der Waals surface area contributed by atoms with E-state index in [2.05, 4.69) is 45.3 Å². The molecule has 0 radical (unpaired) electrons. The molecular weight excluding hydrogens is 282 g/mol. The van der Waals surface area contributed by atoms with Gasteiger partial charge in [-0.05, 0) is 68.3 Å². The van der Waals surface area contributed by atoms with E-state index in [1.54, 1.807) is 0 Å². The van der Waals surface area contributed by atoms with Crippen LogP contribution in [0.15, 0.2) is 24.3 Å². The molecule has 0 amide bonds. The lowest BCUT2D eigenvalue weighted by Crippen LogP contribution is -3.07. The highest BCUT2D eigenvalue weighted by atomic mass is 16.1. The Labute approximate surface area is 140 Å². The van der Waals surface area contributed by atoms with E-state index in [4.69, 9.17) is 0 Å². The summed E-state index contributed by atoms with van der Waals surface area (Å²) in [5.74, 6) is 2.10. The Morgan fingerprint density at radius 2 is 1.70 bits per heavy atom. The van der Waals surface area contributed by atoms with E-state index in [0.29, 0.717) is 12.3 Å². The Balaban J connectivity index is 1.70. The number of quaternary nitrogens is 1. The number of rotatable bonds is 4. The smallest absolute Gasteiger partial charge is 0.192 e. The van der Waals surface area contributed by atoms with Gasteiger partial charge in [-0.25, -0.2) is 0 Å². The van der Waals surface area contributed by atoms with E-state index >= 15 is 0 Å². The quantitative estimate of drug-likeness (QED) is 0.906. The van der Waals surface area contributed by atoms with Crippen molar-refractivity contribution in [3.8, 4) is 0 Å². The average Bonchev–Trinajstić information content (AvgIpc) is 2.45. The van der Waals surface area contributed by atoms with E-state index in [1.165, 1.54) is 48.1 Å². The molecule has 4 fully saturated rings. The third kappa shape index (κ3) is 2.46. The molecular formula is C21H30NO+. The maximum Gasteiger partial charge on any atom is 0.192 e. The molecule has 0 aromatic heterocycles. The summed E-state index contributed by atoms with van der Waals surface area (Å²) in [6, 6.07) is 9.20. The number of benzene rings is 1. The molecule has 4 bridgehead atoms. The van der Waals surface area contributed by atoms with Crippen LogP contribution in [0.2, 0.25) is 0 Å². The first kappa shape index (κ1) is 15.4. The van der Waals surface area contributed by atoms with E-state index in [1.807, 2.05) is 0 Å². The van der Waals surface area contributed by atoms with Crippen LogP contribution in [0.25, 0.3) is 0 Å². The van der Waals surface area contributed by atoms with E-state index in [9.17, 15) is 4.79 Å². The van der Waals surface area contributed by atoms with Crippen LogP contribution in [-0.4, -0.2) is 26.4 Å². The molecule has 4 aliphatic carbocycles. The molecule has 23 heavy (non-hydrogen) atoms. The Morgan fingerprint density at radius 1 is 1.09 bits per heavy atom. The molecule has 0 spiro atoms. The van der Waals surface area contributed by atoms with Crippen LogP contribution in [0.5, 0.6) is 0 Å². The topological polar surface area (TPSA) is 21.5 Å². The molecule has 0 heterocycles. The summed E-state index contributed by atoms with van der Waals surface area (Å²) in [5.41, 5.74) is 3.12. The molecule has 5 rings (SSSR count). The molecule has 124 valence electrons. The Morgan fingerprint density at radius 3 is 2.26 bits per heavy atom. The van der Waals surface area contributed by atoms with Crippen LogP contribution in [0, 0.1) is 24.2 Å². The van der Waals surface area contributed by atoms with Crippen molar-refractivity contribution in [2.75, 3.05) is 20.6 Å². The van der Waals surface area contributed by atoms with Crippen LogP contribution in [0.4, 0.5) is 0 Å². The van der Waals surface area contributed by atoms with E-state index in [-0.39, 0.29) is 10.8 Å². The van der Waals surface area contributed by atoms with Gasteiger partial charge < -0.3 is 4.90 Å². The number of hydrogen-bond acceptors (Lipinski definition) is 1. The average molecular weight is 312 g/mol. The predicted octanol–water partition coefficient (Wildman–Crippen LogP) is 2.55. The first-order chi connectivity index (χ1) is 10.9. The Bertz CT molecular complexity index is 601. The highest BCUT2D eigenvalue weighted by Crippen LogP contribution is 2.65.